The van der Waals surface area contributed by atoms with Crippen molar-refractivity contribution < 1.29 is 14.0 Å². The van der Waals surface area contributed by atoms with Gasteiger partial charge in [0.15, 0.2) is 0 Å². The summed E-state index contributed by atoms with van der Waals surface area (Å²) in [7, 11) is 0. The Morgan fingerprint density at radius 2 is 2.24 bits per heavy atom. The molecule has 1 aromatic rings. The minimum Gasteiger partial charge on any atom is -0.355 e. The minimum absolute atomic E-state index is 0.133. The molecule has 0 aromatic carbocycles. The van der Waals surface area contributed by atoms with E-state index in [9.17, 15) is 14.0 Å². The van der Waals surface area contributed by atoms with Crippen LogP contribution in [0.25, 0.3) is 0 Å². The molecule has 0 saturated carbocycles. The fourth-order valence-electron chi connectivity index (χ4n) is 1.22. The quantitative estimate of drug-likeness (QED) is 0.750. The van der Waals surface area contributed by atoms with Crippen molar-refractivity contribution in [3.8, 4) is 0 Å². The Morgan fingerprint density at radius 3 is 2.82 bits per heavy atom. The van der Waals surface area contributed by atoms with Gasteiger partial charge in [-0.25, -0.2) is 4.98 Å². The first-order chi connectivity index (χ1) is 8.04. The van der Waals surface area contributed by atoms with Crippen molar-refractivity contribution in [3.05, 3.63) is 29.8 Å². The van der Waals surface area contributed by atoms with Gasteiger partial charge in [-0.05, 0) is 19.9 Å². The molecule has 2 amide bonds. The Hall–Kier alpha value is -1.98. The second kappa shape index (κ2) is 5.93. The summed E-state index contributed by atoms with van der Waals surface area (Å²) in [6, 6.07) is 1.72. The number of aromatic nitrogens is 1. The van der Waals surface area contributed by atoms with E-state index in [1.165, 1.54) is 12.3 Å². The van der Waals surface area contributed by atoms with Crippen LogP contribution >= 0.6 is 0 Å². The van der Waals surface area contributed by atoms with Gasteiger partial charge in [-0.1, -0.05) is 0 Å². The second-order valence-corrected chi connectivity index (χ2v) is 3.46. The fourth-order valence-corrected chi connectivity index (χ4v) is 1.22. The standard InChI is InChI=1S/C11H14FN3O2/c1-3-13-10(16)7(2)15-11(17)8-4-5-14-9(12)6-8/h4-7H,3H2,1-2H3,(H,13,16)(H,15,17). The van der Waals surface area contributed by atoms with E-state index in [1.807, 2.05) is 0 Å². The number of pyridine rings is 1. The molecule has 1 unspecified atom stereocenters. The summed E-state index contributed by atoms with van der Waals surface area (Å²) in [5.74, 6) is -1.52. The lowest BCUT2D eigenvalue weighted by Gasteiger charge is -2.13. The number of amides is 2. The van der Waals surface area contributed by atoms with Crippen molar-refractivity contribution >= 4 is 11.8 Å². The van der Waals surface area contributed by atoms with Gasteiger partial charge in [0.25, 0.3) is 5.91 Å². The molecule has 5 nitrogen and oxygen atoms in total. The van der Waals surface area contributed by atoms with Gasteiger partial charge in [0.05, 0.1) is 0 Å². The third kappa shape index (κ3) is 3.82. The van der Waals surface area contributed by atoms with Gasteiger partial charge < -0.3 is 10.6 Å². The van der Waals surface area contributed by atoms with Crippen LogP contribution in [-0.2, 0) is 4.79 Å². The SMILES string of the molecule is CCNC(=O)C(C)NC(=O)c1ccnc(F)c1. The lowest BCUT2D eigenvalue weighted by atomic mass is 10.2. The molecule has 0 aliphatic carbocycles. The van der Waals surface area contributed by atoms with Crippen molar-refractivity contribution in [2.75, 3.05) is 6.54 Å². The Labute approximate surface area is 98.4 Å². The topological polar surface area (TPSA) is 71.1 Å². The predicted octanol–water partition coefficient (Wildman–Crippen LogP) is 0.475. The Morgan fingerprint density at radius 1 is 1.53 bits per heavy atom. The van der Waals surface area contributed by atoms with Gasteiger partial charge in [-0.2, -0.15) is 4.39 Å². The number of rotatable bonds is 4. The zero-order valence-corrected chi connectivity index (χ0v) is 9.66. The van der Waals surface area contributed by atoms with Crippen molar-refractivity contribution in [3.63, 3.8) is 0 Å². The molecule has 0 saturated heterocycles. The maximum Gasteiger partial charge on any atom is 0.252 e. The maximum absolute atomic E-state index is 12.8. The zero-order valence-electron chi connectivity index (χ0n) is 9.66. The van der Waals surface area contributed by atoms with E-state index in [2.05, 4.69) is 15.6 Å². The molecule has 0 bridgehead atoms. The third-order valence-corrected chi connectivity index (χ3v) is 2.08. The monoisotopic (exact) mass is 239 g/mol. The molecular formula is C11H14FN3O2. The molecule has 92 valence electrons. The number of halogens is 1. The van der Waals surface area contributed by atoms with Crippen LogP contribution in [0.5, 0.6) is 0 Å². The highest BCUT2D eigenvalue weighted by Gasteiger charge is 2.15. The van der Waals surface area contributed by atoms with Gasteiger partial charge in [0, 0.05) is 24.4 Å². The Kier molecular flexibility index (Phi) is 4.56. The number of likely N-dealkylation sites (N-methyl/N-ethyl adjacent to an activating group) is 1. The van der Waals surface area contributed by atoms with Crippen molar-refractivity contribution in [1.29, 1.82) is 0 Å². The molecule has 1 rings (SSSR count). The highest BCUT2D eigenvalue weighted by Crippen LogP contribution is 2.00. The van der Waals surface area contributed by atoms with Crippen LogP contribution < -0.4 is 10.6 Å². The van der Waals surface area contributed by atoms with E-state index in [1.54, 1.807) is 13.8 Å². The van der Waals surface area contributed by atoms with Crippen LogP contribution in [0.4, 0.5) is 4.39 Å². The number of nitrogens with zero attached hydrogens (tertiary/aromatic N) is 1. The van der Waals surface area contributed by atoms with Gasteiger partial charge in [-0.3, -0.25) is 9.59 Å². The summed E-state index contributed by atoms with van der Waals surface area (Å²) < 4.78 is 12.8. The van der Waals surface area contributed by atoms with Gasteiger partial charge in [0.2, 0.25) is 11.9 Å². The molecule has 0 radical (unpaired) electrons. The molecule has 17 heavy (non-hydrogen) atoms. The number of carbonyl (C=O) groups excluding carboxylic acids is 2. The normalized spacial score (nSPS) is 11.7. The molecule has 0 aliphatic heterocycles. The summed E-state index contributed by atoms with van der Waals surface area (Å²) in [5, 5.41) is 5.04. The Balaban J connectivity index is 2.63. The zero-order chi connectivity index (χ0) is 12.8. The highest BCUT2D eigenvalue weighted by molar-refractivity contribution is 5.97. The molecule has 0 spiro atoms. The average molecular weight is 239 g/mol. The smallest absolute Gasteiger partial charge is 0.252 e. The van der Waals surface area contributed by atoms with Crippen molar-refractivity contribution in [2.24, 2.45) is 0 Å². The molecule has 2 N–H and O–H groups in total. The van der Waals surface area contributed by atoms with E-state index in [0.29, 0.717) is 6.54 Å². The maximum atomic E-state index is 12.8. The molecule has 1 atom stereocenters. The average Bonchev–Trinajstić information content (AvgIpc) is 2.29. The van der Waals surface area contributed by atoms with Crippen LogP contribution in [-0.4, -0.2) is 29.4 Å². The summed E-state index contributed by atoms with van der Waals surface area (Å²) in [5.41, 5.74) is 0.133. The highest BCUT2D eigenvalue weighted by atomic mass is 19.1. The summed E-state index contributed by atoms with van der Waals surface area (Å²) in [6.45, 7) is 3.83. The van der Waals surface area contributed by atoms with E-state index in [4.69, 9.17) is 0 Å². The largest absolute Gasteiger partial charge is 0.355 e. The van der Waals surface area contributed by atoms with Crippen molar-refractivity contribution in [1.82, 2.24) is 15.6 Å². The van der Waals surface area contributed by atoms with Gasteiger partial charge in [-0.15, -0.1) is 0 Å². The van der Waals surface area contributed by atoms with Crippen LogP contribution in [0.1, 0.15) is 24.2 Å². The van der Waals surface area contributed by atoms with Crippen LogP contribution in [0, 0.1) is 5.95 Å². The number of hydrogen-bond donors (Lipinski definition) is 2. The molecule has 0 fully saturated rings. The lowest BCUT2D eigenvalue weighted by Crippen LogP contribution is -2.44. The van der Waals surface area contributed by atoms with Crippen LogP contribution in [0.15, 0.2) is 18.3 Å². The van der Waals surface area contributed by atoms with E-state index < -0.39 is 17.9 Å². The number of hydrogen-bond acceptors (Lipinski definition) is 3. The van der Waals surface area contributed by atoms with E-state index in [0.717, 1.165) is 6.07 Å². The van der Waals surface area contributed by atoms with Crippen molar-refractivity contribution in [2.45, 2.75) is 19.9 Å². The summed E-state index contributed by atoms with van der Waals surface area (Å²) in [6.07, 6.45) is 1.20. The molecular weight excluding hydrogens is 225 g/mol. The predicted molar refractivity (Wildman–Crippen MR) is 59.8 cm³/mol. The first kappa shape index (κ1) is 13.1. The molecule has 6 heteroatoms. The third-order valence-electron chi connectivity index (χ3n) is 2.08. The first-order valence-corrected chi connectivity index (χ1v) is 5.24. The van der Waals surface area contributed by atoms with E-state index >= 15 is 0 Å². The molecule has 0 aliphatic rings. The number of nitrogens with one attached hydrogen (secondary N) is 2. The van der Waals surface area contributed by atoms with Crippen LogP contribution in [0.2, 0.25) is 0 Å². The first-order valence-electron chi connectivity index (χ1n) is 5.24. The molecule has 1 heterocycles. The van der Waals surface area contributed by atoms with Crippen LogP contribution in [0.3, 0.4) is 0 Å². The minimum atomic E-state index is -0.733. The number of carbonyl (C=O) groups is 2. The fraction of sp³-hybridized carbons (Fsp3) is 0.364. The molecule has 1 aromatic heterocycles. The Bertz CT molecular complexity index is 423. The summed E-state index contributed by atoms with van der Waals surface area (Å²) in [4.78, 5) is 26.3. The summed E-state index contributed by atoms with van der Waals surface area (Å²) >= 11 is 0. The van der Waals surface area contributed by atoms with Gasteiger partial charge >= 0.3 is 0 Å². The lowest BCUT2D eigenvalue weighted by molar-refractivity contribution is -0.122. The second-order valence-electron chi connectivity index (χ2n) is 3.46. The van der Waals surface area contributed by atoms with Gasteiger partial charge in [0.1, 0.15) is 6.04 Å². The van der Waals surface area contributed by atoms with E-state index in [-0.39, 0.29) is 11.5 Å².